The van der Waals surface area contributed by atoms with Gasteiger partial charge < -0.3 is 15.4 Å². The number of carbonyl (C=O) groups is 1. The summed E-state index contributed by atoms with van der Waals surface area (Å²) in [5.74, 6) is 0.578. The first-order valence-electron chi connectivity index (χ1n) is 8.51. The third kappa shape index (κ3) is 6.22. The van der Waals surface area contributed by atoms with Crippen LogP contribution in [0, 0.1) is 19.8 Å². The van der Waals surface area contributed by atoms with Crippen LogP contribution in [0.1, 0.15) is 50.3 Å². The summed E-state index contributed by atoms with van der Waals surface area (Å²) < 4.78 is 5.36. The highest BCUT2D eigenvalue weighted by atomic mass is 16.6. The van der Waals surface area contributed by atoms with Crippen molar-refractivity contribution < 1.29 is 9.53 Å². The van der Waals surface area contributed by atoms with E-state index in [9.17, 15) is 4.79 Å². The molecular formula is C19H30N2O2. The lowest BCUT2D eigenvalue weighted by Crippen LogP contribution is -2.45. The number of amides is 1. The number of hydrogen-bond donors (Lipinski definition) is 2. The molecule has 0 aliphatic heterocycles. The fraction of sp³-hybridized carbons (Fsp3) is 0.632. The predicted molar refractivity (Wildman–Crippen MR) is 93.5 cm³/mol. The summed E-state index contributed by atoms with van der Waals surface area (Å²) >= 11 is 0. The molecule has 1 unspecified atom stereocenters. The summed E-state index contributed by atoms with van der Waals surface area (Å²) in [6.07, 6.45) is 2.06. The molecular weight excluding hydrogens is 288 g/mol. The minimum atomic E-state index is -0.453. The molecule has 1 aromatic rings. The van der Waals surface area contributed by atoms with E-state index in [4.69, 9.17) is 4.74 Å². The fourth-order valence-electron chi connectivity index (χ4n) is 2.58. The molecule has 1 fully saturated rings. The number of alkyl carbamates (subject to hydrolysis) is 1. The van der Waals surface area contributed by atoms with Crippen molar-refractivity contribution in [2.75, 3.05) is 6.54 Å². The quantitative estimate of drug-likeness (QED) is 0.841. The Morgan fingerprint density at radius 1 is 1.26 bits per heavy atom. The van der Waals surface area contributed by atoms with Gasteiger partial charge in [0, 0.05) is 19.1 Å². The van der Waals surface area contributed by atoms with Crippen molar-refractivity contribution >= 4 is 6.09 Å². The Morgan fingerprint density at radius 2 is 1.96 bits per heavy atom. The first-order valence-corrected chi connectivity index (χ1v) is 8.51. The molecule has 128 valence electrons. The van der Waals surface area contributed by atoms with E-state index in [0.717, 1.165) is 13.1 Å². The Hall–Kier alpha value is -1.55. The zero-order valence-electron chi connectivity index (χ0n) is 15.0. The van der Waals surface area contributed by atoms with E-state index < -0.39 is 5.60 Å². The highest BCUT2D eigenvalue weighted by molar-refractivity contribution is 5.68. The van der Waals surface area contributed by atoms with Gasteiger partial charge in [-0.1, -0.05) is 18.2 Å². The predicted octanol–water partition coefficient (Wildman–Crippen LogP) is 3.70. The standard InChI is InChI=1S/C19H30N2O2/c1-13-6-7-15(10-14(13)2)11-20-12-17(16-8-9-16)21-18(22)23-19(3,4)5/h6-7,10,16-17,20H,8-9,11-12H2,1-5H3,(H,21,22). The van der Waals surface area contributed by atoms with Crippen LogP contribution in [0.5, 0.6) is 0 Å². The molecule has 2 rings (SSSR count). The molecule has 0 saturated heterocycles. The molecule has 2 N–H and O–H groups in total. The lowest BCUT2D eigenvalue weighted by Gasteiger charge is -2.24. The van der Waals surface area contributed by atoms with Crippen molar-refractivity contribution in [1.29, 1.82) is 0 Å². The number of ether oxygens (including phenoxy) is 1. The Morgan fingerprint density at radius 3 is 2.52 bits per heavy atom. The van der Waals surface area contributed by atoms with E-state index >= 15 is 0 Å². The highest BCUT2D eigenvalue weighted by Gasteiger charge is 2.33. The van der Waals surface area contributed by atoms with Gasteiger partial charge in [-0.3, -0.25) is 0 Å². The van der Waals surface area contributed by atoms with Crippen LogP contribution in [0.3, 0.4) is 0 Å². The molecule has 0 radical (unpaired) electrons. The van der Waals surface area contributed by atoms with Gasteiger partial charge in [0.2, 0.25) is 0 Å². The molecule has 0 spiro atoms. The Kier molecular flexibility index (Phi) is 5.69. The number of aryl methyl sites for hydroxylation is 2. The summed E-state index contributed by atoms with van der Waals surface area (Å²) in [7, 11) is 0. The van der Waals surface area contributed by atoms with E-state index in [2.05, 4.69) is 42.7 Å². The topological polar surface area (TPSA) is 50.4 Å². The highest BCUT2D eigenvalue weighted by Crippen LogP contribution is 2.32. The van der Waals surface area contributed by atoms with Crippen LogP contribution in [0.25, 0.3) is 0 Å². The third-order valence-electron chi connectivity index (χ3n) is 4.16. The molecule has 0 heterocycles. The second-order valence-corrected chi connectivity index (χ2v) is 7.64. The largest absolute Gasteiger partial charge is 0.444 e. The van der Waals surface area contributed by atoms with Crippen LogP contribution >= 0.6 is 0 Å². The van der Waals surface area contributed by atoms with E-state index in [0.29, 0.717) is 5.92 Å². The van der Waals surface area contributed by atoms with Crippen LogP contribution in [-0.2, 0) is 11.3 Å². The van der Waals surface area contributed by atoms with E-state index in [1.54, 1.807) is 0 Å². The zero-order chi connectivity index (χ0) is 17.0. The maximum Gasteiger partial charge on any atom is 0.407 e. The van der Waals surface area contributed by atoms with Crippen molar-refractivity contribution in [3.63, 3.8) is 0 Å². The molecule has 1 atom stereocenters. The van der Waals surface area contributed by atoms with Crippen LogP contribution in [0.4, 0.5) is 4.79 Å². The lowest BCUT2D eigenvalue weighted by molar-refractivity contribution is 0.0497. The Balaban J connectivity index is 1.81. The first-order chi connectivity index (χ1) is 10.7. The van der Waals surface area contributed by atoms with E-state index in [1.165, 1.54) is 29.5 Å². The molecule has 4 nitrogen and oxygen atoms in total. The fourth-order valence-corrected chi connectivity index (χ4v) is 2.58. The Labute approximate surface area is 140 Å². The van der Waals surface area contributed by atoms with Crippen LogP contribution < -0.4 is 10.6 Å². The minimum Gasteiger partial charge on any atom is -0.444 e. The van der Waals surface area contributed by atoms with Gasteiger partial charge in [-0.2, -0.15) is 0 Å². The zero-order valence-corrected chi connectivity index (χ0v) is 15.0. The number of benzene rings is 1. The Bertz CT molecular complexity index is 545. The van der Waals surface area contributed by atoms with Crippen molar-refractivity contribution in [2.24, 2.45) is 5.92 Å². The van der Waals surface area contributed by atoms with Crippen LogP contribution in [0.15, 0.2) is 18.2 Å². The molecule has 23 heavy (non-hydrogen) atoms. The average molecular weight is 318 g/mol. The van der Waals surface area contributed by atoms with Crippen LogP contribution in [-0.4, -0.2) is 24.3 Å². The summed E-state index contributed by atoms with van der Waals surface area (Å²) in [4.78, 5) is 12.0. The summed E-state index contributed by atoms with van der Waals surface area (Å²) in [5, 5.41) is 6.49. The number of hydrogen-bond acceptors (Lipinski definition) is 3. The summed E-state index contributed by atoms with van der Waals surface area (Å²) in [5.41, 5.74) is 3.46. The van der Waals surface area contributed by atoms with E-state index in [1.807, 2.05) is 20.8 Å². The van der Waals surface area contributed by atoms with Gasteiger partial charge in [0.1, 0.15) is 5.60 Å². The number of carbonyl (C=O) groups excluding carboxylic acids is 1. The van der Waals surface area contributed by atoms with Crippen molar-refractivity contribution in [3.8, 4) is 0 Å². The SMILES string of the molecule is Cc1ccc(CNCC(NC(=O)OC(C)(C)C)C2CC2)cc1C. The van der Waals surface area contributed by atoms with Gasteiger partial charge in [0.05, 0.1) is 0 Å². The van der Waals surface area contributed by atoms with Gasteiger partial charge in [-0.05, 0) is 70.1 Å². The smallest absolute Gasteiger partial charge is 0.407 e. The monoisotopic (exact) mass is 318 g/mol. The molecule has 1 aliphatic rings. The van der Waals surface area contributed by atoms with E-state index in [-0.39, 0.29) is 12.1 Å². The van der Waals surface area contributed by atoms with Gasteiger partial charge in [0.15, 0.2) is 0 Å². The average Bonchev–Trinajstić information content (AvgIpc) is 3.24. The molecule has 1 aromatic carbocycles. The van der Waals surface area contributed by atoms with Crippen molar-refractivity contribution in [1.82, 2.24) is 10.6 Å². The maximum atomic E-state index is 12.0. The molecule has 0 aromatic heterocycles. The van der Waals surface area contributed by atoms with Crippen molar-refractivity contribution in [3.05, 3.63) is 34.9 Å². The third-order valence-corrected chi connectivity index (χ3v) is 4.16. The van der Waals surface area contributed by atoms with Gasteiger partial charge in [0.25, 0.3) is 0 Å². The molecule has 1 amide bonds. The molecule has 4 heteroatoms. The molecule has 1 aliphatic carbocycles. The number of rotatable bonds is 6. The maximum absolute atomic E-state index is 12.0. The normalized spacial score (nSPS) is 16.0. The van der Waals surface area contributed by atoms with Gasteiger partial charge in [-0.25, -0.2) is 4.79 Å². The van der Waals surface area contributed by atoms with Gasteiger partial charge in [-0.15, -0.1) is 0 Å². The van der Waals surface area contributed by atoms with Crippen molar-refractivity contribution in [2.45, 2.75) is 65.6 Å². The minimum absolute atomic E-state index is 0.149. The summed E-state index contributed by atoms with van der Waals surface area (Å²) in [6.45, 7) is 11.5. The second-order valence-electron chi connectivity index (χ2n) is 7.64. The molecule has 1 saturated carbocycles. The van der Waals surface area contributed by atoms with Gasteiger partial charge >= 0.3 is 6.09 Å². The summed E-state index contributed by atoms with van der Waals surface area (Å²) in [6, 6.07) is 6.68. The second kappa shape index (κ2) is 7.35. The molecule has 0 bridgehead atoms. The lowest BCUT2D eigenvalue weighted by atomic mass is 10.1. The van der Waals surface area contributed by atoms with Crippen LogP contribution in [0.2, 0.25) is 0 Å². The first kappa shape index (κ1) is 17.8. The number of nitrogens with one attached hydrogen (secondary N) is 2.